The first-order chi connectivity index (χ1) is 11.0. The fourth-order valence-corrected chi connectivity index (χ4v) is 2.74. The lowest BCUT2D eigenvalue weighted by molar-refractivity contribution is 0.257. The third-order valence-corrected chi connectivity index (χ3v) is 4.15. The van der Waals surface area contributed by atoms with E-state index in [4.69, 9.17) is 23.0 Å². The highest BCUT2D eigenvalue weighted by Gasteiger charge is 2.48. The van der Waals surface area contributed by atoms with E-state index in [0.717, 1.165) is 5.39 Å². The largest absolute Gasteiger partial charge is 0.490 e. The standard InChI is InChI=1S/C17H16O6/c1-17(2)11(23-17)8-21-13-9-4-5-12(18)22-15(9)16(19-3)14-10(13)6-7-20-14/h4-7,11H,8H2,1-3H3/t11-/m0/s1. The van der Waals surface area contributed by atoms with Crippen molar-refractivity contribution in [1.29, 1.82) is 0 Å². The molecule has 0 saturated carbocycles. The van der Waals surface area contributed by atoms with E-state index in [1.807, 2.05) is 13.8 Å². The minimum absolute atomic E-state index is 0.0392. The molecule has 1 saturated heterocycles. The van der Waals surface area contributed by atoms with Crippen LogP contribution in [0.15, 0.2) is 38.1 Å². The van der Waals surface area contributed by atoms with E-state index in [9.17, 15) is 4.79 Å². The molecule has 1 aliphatic rings. The Kier molecular flexibility index (Phi) is 2.93. The van der Waals surface area contributed by atoms with Gasteiger partial charge >= 0.3 is 5.63 Å². The number of methoxy groups -OCH3 is 1. The Balaban J connectivity index is 1.89. The lowest BCUT2D eigenvalue weighted by atomic mass is 10.1. The third-order valence-electron chi connectivity index (χ3n) is 4.15. The number of fused-ring (bicyclic) bond motifs is 2. The molecule has 1 aromatic carbocycles. The molecule has 6 heteroatoms. The Labute approximate surface area is 131 Å². The predicted octanol–water partition coefficient (Wildman–Crippen LogP) is 3.10. The van der Waals surface area contributed by atoms with Crippen LogP contribution in [-0.4, -0.2) is 25.4 Å². The quantitative estimate of drug-likeness (QED) is 0.544. The number of epoxide rings is 1. The molecule has 3 heterocycles. The summed E-state index contributed by atoms with van der Waals surface area (Å²) in [6.07, 6.45) is 1.59. The second-order valence-corrected chi connectivity index (χ2v) is 6.04. The minimum Gasteiger partial charge on any atom is -0.490 e. The van der Waals surface area contributed by atoms with Gasteiger partial charge in [-0.15, -0.1) is 0 Å². The van der Waals surface area contributed by atoms with Gasteiger partial charge in [0, 0.05) is 6.07 Å². The molecule has 1 aliphatic heterocycles. The number of benzene rings is 1. The molecule has 0 bridgehead atoms. The van der Waals surface area contributed by atoms with Crippen LogP contribution in [0, 0.1) is 0 Å². The van der Waals surface area contributed by atoms with Crippen molar-refractivity contribution < 1.29 is 23.0 Å². The number of hydrogen-bond donors (Lipinski definition) is 0. The van der Waals surface area contributed by atoms with Crippen molar-refractivity contribution in [3.05, 3.63) is 34.9 Å². The van der Waals surface area contributed by atoms with Gasteiger partial charge < -0.3 is 23.0 Å². The molecule has 0 radical (unpaired) electrons. The van der Waals surface area contributed by atoms with Gasteiger partial charge in [0.15, 0.2) is 11.2 Å². The van der Waals surface area contributed by atoms with Crippen LogP contribution in [0.4, 0.5) is 0 Å². The smallest absolute Gasteiger partial charge is 0.336 e. The van der Waals surface area contributed by atoms with Crippen LogP contribution in [-0.2, 0) is 4.74 Å². The second kappa shape index (κ2) is 4.76. The second-order valence-electron chi connectivity index (χ2n) is 6.04. The van der Waals surface area contributed by atoms with Crippen LogP contribution >= 0.6 is 0 Å². The first kappa shape index (κ1) is 14.1. The highest BCUT2D eigenvalue weighted by Crippen LogP contribution is 2.43. The van der Waals surface area contributed by atoms with Crippen molar-refractivity contribution in [3.8, 4) is 11.5 Å². The molecule has 0 N–H and O–H groups in total. The van der Waals surface area contributed by atoms with Crippen LogP contribution in [0.3, 0.4) is 0 Å². The molecule has 0 aliphatic carbocycles. The topological polar surface area (TPSA) is 74.3 Å². The van der Waals surface area contributed by atoms with Gasteiger partial charge in [0.1, 0.15) is 18.5 Å². The molecule has 2 aromatic heterocycles. The van der Waals surface area contributed by atoms with Gasteiger partial charge in [-0.3, -0.25) is 0 Å². The summed E-state index contributed by atoms with van der Waals surface area (Å²) in [6, 6.07) is 4.83. The highest BCUT2D eigenvalue weighted by atomic mass is 16.6. The molecule has 6 nitrogen and oxygen atoms in total. The Bertz CT molecular complexity index is 949. The van der Waals surface area contributed by atoms with Crippen LogP contribution in [0.25, 0.3) is 21.9 Å². The van der Waals surface area contributed by atoms with Crippen molar-refractivity contribution in [2.75, 3.05) is 13.7 Å². The number of rotatable bonds is 4. The van der Waals surface area contributed by atoms with E-state index in [1.165, 1.54) is 13.2 Å². The molecule has 23 heavy (non-hydrogen) atoms. The predicted molar refractivity (Wildman–Crippen MR) is 83.3 cm³/mol. The molecule has 3 aromatic rings. The molecule has 4 rings (SSSR count). The summed E-state index contributed by atoms with van der Waals surface area (Å²) in [5.74, 6) is 0.979. The van der Waals surface area contributed by atoms with E-state index in [-0.39, 0.29) is 11.7 Å². The van der Waals surface area contributed by atoms with Gasteiger partial charge in [-0.05, 0) is 26.0 Å². The first-order valence-electron chi connectivity index (χ1n) is 7.33. The van der Waals surface area contributed by atoms with E-state index in [1.54, 1.807) is 18.4 Å². The first-order valence-corrected chi connectivity index (χ1v) is 7.33. The zero-order chi connectivity index (χ0) is 16.2. The molecule has 0 spiro atoms. The summed E-state index contributed by atoms with van der Waals surface area (Å²) in [5, 5.41) is 1.43. The maximum atomic E-state index is 11.6. The van der Waals surface area contributed by atoms with E-state index in [2.05, 4.69) is 0 Å². The number of furan rings is 1. The normalized spacial score (nSPS) is 19.2. The van der Waals surface area contributed by atoms with Crippen molar-refractivity contribution in [2.45, 2.75) is 25.6 Å². The maximum absolute atomic E-state index is 11.6. The maximum Gasteiger partial charge on any atom is 0.336 e. The van der Waals surface area contributed by atoms with Crippen LogP contribution in [0.5, 0.6) is 11.5 Å². The van der Waals surface area contributed by atoms with Crippen LogP contribution < -0.4 is 15.1 Å². The van der Waals surface area contributed by atoms with Crippen molar-refractivity contribution >= 4 is 21.9 Å². The van der Waals surface area contributed by atoms with Gasteiger partial charge in [0.2, 0.25) is 5.75 Å². The fourth-order valence-electron chi connectivity index (χ4n) is 2.74. The Morgan fingerprint density at radius 3 is 2.57 bits per heavy atom. The van der Waals surface area contributed by atoms with E-state index in [0.29, 0.717) is 34.7 Å². The number of ether oxygens (including phenoxy) is 3. The van der Waals surface area contributed by atoms with Crippen LogP contribution in [0.2, 0.25) is 0 Å². The van der Waals surface area contributed by atoms with Gasteiger partial charge in [-0.1, -0.05) is 0 Å². The average molecular weight is 316 g/mol. The summed E-state index contributed by atoms with van der Waals surface area (Å²) >= 11 is 0. The van der Waals surface area contributed by atoms with E-state index >= 15 is 0 Å². The van der Waals surface area contributed by atoms with E-state index < -0.39 is 5.63 Å². The SMILES string of the molecule is COc1c2occc2c(OC[C@@H]2OC2(C)C)c2ccc(=O)oc12. The molecular weight excluding hydrogens is 300 g/mol. The van der Waals surface area contributed by atoms with Crippen molar-refractivity contribution in [2.24, 2.45) is 0 Å². The minimum atomic E-state index is -0.459. The molecule has 1 atom stereocenters. The van der Waals surface area contributed by atoms with Crippen LogP contribution in [0.1, 0.15) is 13.8 Å². The Hall–Kier alpha value is -2.47. The summed E-state index contributed by atoms with van der Waals surface area (Å²) in [6.45, 7) is 4.44. The van der Waals surface area contributed by atoms with Gasteiger partial charge in [0.25, 0.3) is 0 Å². The van der Waals surface area contributed by atoms with Crippen molar-refractivity contribution in [3.63, 3.8) is 0 Å². The molecular formula is C17H16O6. The van der Waals surface area contributed by atoms with Gasteiger partial charge in [-0.25, -0.2) is 4.79 Å². The van der Waals surface area contributed by atoms with Crippen molar-refractivity contribution in [1.82, 2.24) is 0 Å². The summed E-state index contributed by atoms with van der Waals surface area (Å²) in [7, 11) is 1.50. The van der Waals surface area contributed by atoms with Gasteiger partial charge in [0.05, 0.1) is 29.7 Å². The van der Waals surface area contributed by atoms with Gasteiger partial charge in [-0.2, -0.15) is 0 Å². The molecule has 0 unspecified atom stereocenters. The number of hydrogen-bond acceptors (Lipinski definition) is 6. The lowest BCUT2D eigenvalue weighted by Gasteiger charge is -2.12. The lowest BCUT2D eigenvalue weighted by Crippen LogP contribution is -2.12. The third kappa shape index (κ3) is 2.17. The summed E-state index contributed by atoms with van der Waals surface area (Å²) in [4.78, 5) is 11.6. The monoisotopic (exact) mass is 316 g/mol. The Morgan fingerprint density at radius 2 is 1.87 bits per heavy atom. The fraction of sp³-hybridized carbons (Fsp3) is 0.353. The average Bonchev–Trinajstić information content (AvgIpc) is 2.91. The highest BCUT2D eigenvalue weighted by molar-refractivity contribution is 6.06. The molecule has 120 valence electrons. The zero-order valence-electron chi connectivity index (χ0n) is 13.0. The zero-order valence-corrected chi connectivity index (χ0v) is 13.0. The Morgan fingerprint density at radius 1 is 1.13 bits per heavy atom. The molecule has 1 fully saturated rings. The molecule has 0 amide bonds. The summed E-state index contributed by atoms with van der Waals surface area (Å²) in [5.41, 5.74) is 0.178. The summed E-state index contributed by atoms with van der Waals surface area (Å²) < 4.78 is 27.7.